The number of nitrogens with one attached hydrogen (secondary N) is 2. The summed E-state index contributed by atoms with van der Waals surface area (Å²) in [6, 6.07) is 14.3. The van der Waals surface area contributed by atoms with Crippen molar-refractivity contribution in [3.63, 3.8) is 0 Å². The Hall–Kier alpha value is -3.39. The molecular formula is C17H16N4O4. The summed E-state index contributed by atoms with van der Waals surface area (Å²) in [5.41, 5.74) is 9.79. The quantitative estimate of drug-likeness (QED) is 0.593. The van der Waals surface area contributed by atoms with Gasteiger partial charge in [0.05, 0.1) is 0 Å². The molecule has 2 aromatic carbocycles. The van der Waals surface area contributed by atoms with Crippen molar-refractivity contribution in [1.82, 2.24) is 10.5 Å². The van der Waals surface area contributed by atoms with Crippen molar-refractivity contribution in [3.8, 4) is 0 Å². The molecule has 0 atom stereocenters. The summed E-state index contributed by atoms with van der Waals surface area (Å²) >= 11 is 0. The maximum absolute atomic E-state index is 11.6. The minimum Gasteiger partial charge on any atom is -0.440 e. The molecule has 0 aliphatic carbocycles. The highest BCUT2D eigenvalue weighted by Gasteiger charge is 2.09. The molecule has 4 N–H and O–H groups in total. The Morgan fingerprint density at radius 1 is 1.16 bits per heavy atom. The number of carbonyl (C=O) groups excluding carboxylic acids is 2. The molecule has 0 saturated heterocycles. The standard InChI is InChI=1S/C17H16N4O4/c18-15(22)10-24-21-17(23)19-12-6-7-13-14(9-12)25-16(20-13)8-11-4-2-1-3-5-11/h1-7,9H,8,10H2,(H2,18,22)(H2,19,21,23). The zero-order chi connectivity index (χ0) is 17.6. The third-order valence-corrected chi connectivity index (χ3v) is 3.27. The van der Waals surface area contributed by atoms with Crippen LogP contribution < -0.4 is 16.5 Å². The molecule has 0 saturated carbocycles. The topological polar surface area (TPSA) is 119 Å². The van der Waals surface area contributed by atoms with Gasteiger partial charge in [0.25, 0.3) is 0 Å². The number of rotatable bonds is 6. The fourth-order valence-electron chi connectivity index (χ4n) is 2.23. The first kappa shape index (κ1) is 16.5. The van der Waals surface area contributed by atoms with Crippen LogP contribution in [0.3, 0.4) is 0 Å². The normalized spacial score (nSPS) is 10.6. The van der Waals surface area contributed by atoms with E-state index in [9.17, 15) is 9.59 Å². The van der Waals surface area contributed by atoms with Gasteiger partial charge in [-0.1, -0.05) is 30.3 Å². The number of hydroxylamine groups is 1. The molecule has 0 aliphatic rings. The zero-order valence-corrected chi connectivity index (χ0v) is 13.2. The second kappa shape index (κ2) is 7.45. The number of carbonyl (C=O) groups is 2. The van der Waals surface area contributed by atoms with Crippen LogP contribution in [0.4, 0.5) is 10.5 Å². The molecule has 0 unspecified atom stereocenters. The lowest BCUT2D eigenvalue weighted by molar-refractivity contribution is -0.124. The Bertz CT molecular complexity index is 892. The maximum atomic E-state index is 11.6. The molecule has 8 heteroatoms. The zero-order valence-electron chi connectivity index (χ0n) is 13.2. The van der Waals surface area contributed by atoms with Crippen LogP contribution >= 0.6 is 0 Å². The van der Waals surface area contributed by atoms with Crippen molar-refractivity contribution >= 4 is 28.7 Å². The molecule has 0 fully saturated rings. The Labute approximate surface area is 142 Å². The highest BCUT2D eigenvalue weighted by atomic mass is 16.7. The molecule has 1 aromatic heterocycles. The van der Waals surface area contributed by atoms with E-state index in [1.165, 1.54) is 0 Å². The highest BCUT2D eigenvalue weighted by Crippen LogP contribution is 2.21. The van der Waals surface area contributed by atoms with Crippen molar-refractivity contribution in [2.24, 2.45) is 5.73 Å². The molecule has 128 valence electrons. The summed E-state index contributed by atoms with van der Waals surface area (Å²) in [6.07, 6.45) is 0.583. The highest BCUT2D eigenvalue weighted by molar-refractivity contribution is 5.91. The molecule has 0 aliphatic heterocycles. The Morgan fingerprint density at radius 2 is 1.96 bits per heavy atom. The number of benzene rings is 2. The van der Waals surface area contributed by atoms with E-state index in [4.69, 9.17) is 10.2 Å². The van der Waals surface area contributed by atoms with E-state index < -0.39 is 18.5 Å². The molecular weight excluding hydrogens is 324 g/mol. The molecule has 8 nitrogen and oxygen atoms in total. The van der Waals surface area contributed by atoms with Gasteiger partial charge in [0, 0.05) is 18.2 Å². The maximum Gasteiger partial charge on any atom is 0.343 e. The number of nitrogens with zero attached hydrogens (tertiary/aromatic N) is 1. The first-order chi connectivity index (χ1) is 12.1. The smallest absolute Gasteiger partial charge is 0.343 e. The summed E-state index contributed by atoms with van der Waals surface area (Å²) in [6.45, 7) is -0.405. The molecule has 1 heterocycles. The number of urea groups is 1. The molecule has 0 spiro atoms. The molecule has 3 amide bonds. The van der Waals surface area contributed by atoms with Gasteiger partial charge < -0.3 is 15.5 Å². The van der Waals surface area contributed by atoms with Crippen molar-refractivity contribution in [2.75, 3.05) is 11.9 Å². The third-order valence-electron chi connectivity index (χ3n) is 3.27. The van der Waals surface area contributed by atoms with E-state index >= 15 is 0 Å². The van der Waals surface area contributed by atoms with Gasteiger partial charge in [-0.25, -0.2) is 15.3 Å². The monoisotopic (exact) mass is 340 g/mol. The summed E-state index contributed by atoms with van der Waals surface area (Å²) in [4.78, 5) is 31.2. The number of primary amides is 1. The lowest BCUT2D eigenvalue weighted by Gasteiger charge is -2.06. The number of nitrogens with two attached hydrogens (primary N) is 1. The number of hydrogen-bond acceptors (Lipinski definition) is 5. The average molecular weight is 340 g/mol. The van der Waals surface area contributed by atoms with Gasteiger partial charge in [-0.3, -0.25) is 9.63 Å². The largest absolute Gasteiger partial charge is 0.440 e. The van der Waals surface area contributed by atoms with E-state index in [-0.39, 0.29) is 0 Å². The summed E-state index contributed by atoms with van der Waals surface area (Å²) in [5, 5.41) is 2.55. The van der Waals surface area contributed by atoms with E-state index in [0.717, 1.165) is 5.56 Å². The first-order valence-electron chi connectivity index (χ1n) is 7.50. The van der Waals surface area contributed by atoms with Crippen LogP contribution in [0.2, 0.25) is 0 Å². The summed E-state index contributed by atoms with van der Waals surface area (Å²) in [7, 11) is 0. The van der Waals surface area contributed by atoms with Crippen molar-refractivity contribution < 1.29 is 18.8 Å². The Kier molecular flexibility index (Phi) is 4.91. The molecule has 0 bridgehead atoms. The second-order valence-electron chi connectivity index (χ2n) is 5.26. The van der Waals surface area contributed by atoms with E-state index in [2.05, 4.69) is 20.6 Å². The van der Waals surface area contributed by atoms with E-state index in [0.29, 0.717) is 29.1 Å². The van der Waals surface area contributed by atoms with Crippen LogP contribution in [-0.2, 0) is 16.1 Å². The fourth-order valence-corrected chi connectivity index (χ4v) is 2.23. The minimum atomic E-state index is -0.686. The summed E-state index contributed by atoms with van der Waals surface area (Å²) in [5.74, 6) is -0.0954. The third kappa shape index (κ3) is 4.55. The van der Waals surface area contributed by atoms with Gasteiger partial charge in [0.2, 0.25) is 5.91 Å². The van der Waals surface area contributed by atoms with Crippen LogP contribution in [-0.4, -0.2) is 23.5 Å². The van der Waals surface area contributed by atoms with Crippen molar-refractivity contribution in [2.45, 2.75) is 6.42 Å². The van der Waals surface area contributed by atoms with Crippen molar-refractivity contribution in [3.05, 3.63) is 60.0 Å². The van der Waals surface area contributed by atoms with Gasteiger partial charge in [-0.15, -0.1) is 0 Å². The predicted molar refractivity (Wildman–Crippen MR) is 90.6 cm³/mol. The van der Waals surface area contributed by atoms with E-state index in [1.54, 1.807) is 18.2 Å². The summed E-state index contributed by atoms with van der Waals surface area (Å²) < 4.78 is 5.73. The number of fused-ring (bicyclic) bond motifs is 1. The number of hydrogen-bond donors (Lipinski definition) is 3. The second-order valence-corrected chi connectivity index (χ2v) is 5.26. The van der Waals surface area contributed by atoms with Gasteiger partial charge in [-0.2, -0.15) is 0 Å². The SMILES string of the molecule is NC(=O)CONC(=O)Nc1ccc2nc(Cc3ccccc3)oc2c1. The van der Waals surface area contributed by atoms with Gasteiger partial charge in [0.15, 0.2) is 18.1 Å². The number of anilines is 1. The first-order valence-corrected chi connectivity index (χ1v) is 7.50. The molecule has 0 radical (unpaired) electrons. The minimum absolute atomic E-state index is 0.405. The van der Waals surface area contributed by atoms with Gasteiger partial charge in [0.1, 0.15) is 5.52 Å². The molecule has 25 heavy (non-hydrogen) atoms. The Balaban J connectivity index is 1.66. The molecule has 3 rings (SSSR count). The fraction of sp³-hybridized carbons (Fsp3) is 0.118. The van der Waals surface area contributed by atoms with E-state index in [1.807, 2.05) is 30.3 Å². The number of aromatic nitrogens is 1. The van der Waals surface area contributed by atoms with Gasteiger partial charge >= 0.3 is 6.03 Å². The van der Waals surface area contributed by atoms with Gasteiger partial charge in [-0.05, 0) is 17.7 Å². The lowest BCUT2D eigenvalue weighted by Crippen LogP contribution is -2.32. The number of amides is 3. The van der Waals surface area contributed by atoms with Crippen LogP contribution in [0.1, 0.15) is 11.5 Å². The Morgan fingerprint density at radius 3 is 2.72 bits per heavy atom. The average Bonchev–Trinajstić information content (AvgIpc) is 2.97. The lowest BCUT2D eigenvalue weighted by atomic mass is 10.1. The van der Waals surface area contributed by atoms with Crippen LogP contribution in [0.5, 0.6) is 0 Å². The predicted octanol–water partition coefficient (Wildman–Crippen LogP) is 1.96. The van der Waals surface area contributed by atoms with Crippen molar-refractivity contribution in [1.29, 1.82) is 0 Å². The van der Waals surface area contributed by atoms with Crippen LogP contribution in [0.25, 0.3) is 11.1 Å². The molecule has 3 aromatic rings. The van der Waals surface area contributed by atoms with Crippen LogP contribution in [0.15, 0.2) is 52.9 Å². The number of oxazole rings is 1. The van der Waals surface area contributed by atoms with Crippen LogP contribution in [0, 0.1) is 0 Å².